The number of nitrogens with one attached hydrogen (secondary N) is 1. The first-order valence-electron chi connectivity index (χ1n) is 13.6. The van der Waals surface area contributed by atoms with E-state index in [0.29, 0.717) is 11.5 Å². The van der Waals surface area contributed by atoms with E-state index in [9.17, 15) is 9.59 Å². The molecule has 0 aliphatic carbocycles. The van der Waals surface area contributed by atoms with Crippen LogP contribution < -0.4 is 10.2 Å². The summed E-state index contributed by atoms with van der Waals surface area (Å²) in [6, 6.07) is 35.8. The van der Waals surface area contributed by atoms with Gasteiger partial charge in [0.25, 0.3) is 0 Å². The van der Waals surface area contributed by atoms with Gasteiger partial charge in [-0.15, -0.1) is 11.8 Å². The second kappa shape index (κ2) is 11.5. The van der Waals surface area contributed by atoms with Crippen LogP contribution in [0.3, 0.4) is 0 Å². The van der Waals surface area contributed by atoms with Crippen LogP contribution in [0.25, 0.3) is 16.9 Å². The summed E-state index contributed by atoms with van der Waals surface area (Å²) in [7, 11) is 0. The Kier molecular flexibility index (Phi) is 7.44. The average molecular weight is 559 g/mol. The van der Waals surface area contributed by atoms with Gasteiger partial charge in [-0.2, -0.15) is 5.10 Å². The van der Waals surface area contributed by atoms with E-state index >= 15 is 0 Å². The standard InChI is InChI=1S/C34H30N4O2S/c1-23-11-9-15-26(19-23)33-31-32(25-13-5-3-6-14-25)36-38(28-18-10-12-24(2)20-28)34(31)37(30(40)22-41-33)21-29(39)35-27-16-7-4-8-17-27/h3-20,33H,21-22H2,1-2H3,(H,35,39). The van der Waals surface area contributed by atoms with Gasteiger partial charge in [0.15, 0.2) is 0 Å². The Balaban J connectivity index is 1.57. The molecular weight excluding hydrogens is 528 g/mol. The van der Waals surface area contributed by atoms with Crippen LogP contribution in [0, 0.1) is 13.8 Å². The Hall–Kier alpha value is -4.62. The topological polar surface area (TPSA) is 67.2 Å². The van der Waals surface area contributed by atoms with E-state index < -0.39 is 0 Å². The van der Waals surface area contributed by atoms with Gasteiger partial charge in [0, 0.05) is 16.8 Å². The number of amides is 2. The maximum Gasteiger partial charge on any atom is 0.244 e. The van der Waals surface area contributed by atoms with Gasteiger partial charge in [0.05, 0.1) is 22.4 Å². The van der Waals surface area contributed by atoms with Gasteiger partial charge in [-0.05, 0) is 49.2 Å². The van der Waals surface area contributed by atoms with Gasteiger partial charge in [0.1, 0.15) is 12.4 Å². The van der Waals surface area contributed by atoms with E-state index in [4.69, 9.17) is 5.10 Å². The predicted octanol–water partition coefficient (Wildman–Crippen LogP) is 6.96. The summed E-state index contributed by atoms with van der Waals surface area (Å²) in [6.45, 7) is 3.98. The number of carbonyl (C=O) groups is 2. The summed E-state index contributed by atoms with van der Waals surface area (Å²) >= 11 is 1.58. The van der Waals surface area contributed by atoms with Crippen LogP contribution in [-0.2, 0) is 9.59 Å². The molecule has 41 heavy (non-hydrogen) atoms. The monoisotopic (exact) mass is 558 g/mol. The third kappa shape index (κ3) is 5.54. The number of anilines is 2. The van der Waals surface area contributed by atoms with Crippen molar-refractivity contribution in [2.24, 2.45) is 0 Å². The summed E-state index contributed by atoms with van der Waals surface area (Å²) < 4.78 is 1.84. The van der Waals surface area contributed by atoms with Crippen molar-refractivity contribution >= 4 is 35.1 Å². The molecule has 0 fully saturated rings. The smallest absolute Gasteiger partial charge is 0.244 e. The SMILES string of the molecule is Cc1cccc(C2SCC(=O)N(CC(=O)Nc3ccccc3)c3c2c(-c2ccccc2)nn3-c2cccc(C)c2)c1. The summed E-state index contributed by atoms with van der Waals surface area (Å²) in [5.74, 6) is 0.448. The van der Waals surface area contributed by atoms with Crippen LogP contribution in [-0.4, -0.2) is 33.9 Å². The fraction of sp³-hybridized carbons (Fsp3) is 0.147. The maximum absolute atomic E-state index is 13.9. The molecule has 6 nitrogen and oxygen atoms in total. The molecule has 1 atom stereocenters. The van der Waals surface area contributed by atoms with Gasteiger partial charge in [-0.25, -0.2) is 4.68 Å². The van der Waals surface area contributed by atoms with Crippen molar-refractivity contribution in [2.45, 2.75) is 19.1 Å². The molecule has 0 radical (unpaired) electrons. The molecule has 5 aromatic rings. The van der Waals surface area contributed by atoms with Gasteiger partial charge in [0.2, 0.25) is 11.8 Å². The number of thioether (sulfide) groups is 1. The molecule has 1 aliphatic rings. The zero-order chi connectivity index (χ0) is 28.3. The fourth-order valence-electron chi connectivity index (χ4n) is 5.23. The van der Waals surface area contributed by atoms with Gasteiger partial charge in [-0.1, -0.05) is 90.5 Å². The molecule has 204 valence electrons. The summed E-state index contributed by atoms with van der Waals surface area (Å²) in [5.41, 5.74) is 7.51. The zero-order valence-corrected chi connectivity index (χ0v) is 23.8. The summed E-state index contributed by atoms with van der Waals surface area (Å²) in [6.07, 6.45) is 0. The zero-order valence-electron chi connectivity index (χ0n) is 23.0. The molecule has 2 heterocycles. The molecule has 2 amide bonds. The van der Waals surface area contributed by atoms with E-state index in [1.807, 2.05) is 90.5 Å². The Morgan fingerprint density at radius 3 is 2.27 bits per heavy atom. The Bertz CT molecular complexity index is 1720. The van der Waals surface area contributed by atoms with Crippen LogP contribution in [0.5, 0.6) is 0 Å². The van der Waals surface area contributed by atoms with Crippen molar-refractivity contribution in [3.8, 4) is 16.9 Å². The minimum Gasteiger partial charge on any atom is -0.325 e. The normalized spacial score (nSPS) is 14.8. The molecule has 0 saturated carbocycles. The van der Waals surface area contributed by atoms with Gasteiger partial charge >= 0.3 is 0 Å². The summed E-state index contributed by atoms with van der Waals surface area (Å²) in [5, 5.41) is 7.95. The Morgan fingerprint density at radius 1 is 0.878 bits per heavy atom. The Labute approximate surface area is 244 Å². The number of para-hydroxylation sites is 1. The number of nitrogens with zero attached hydrogens (tertiary/aromatic N) is 3. The van der Waals surface area contributed by atoms with Crippen molar-refractivity contribution in [1.29, 1.82) is 0 Å². The third-order valence-electron chi connectivity index (χ3n) is 7.09. The quantitative estimate of drug-likeness (QED) is 0.245. The lowest BCUT2D eigenvalue weighted by molar-refractivity contribution is -0.120. The molecule has 1 aromatic heterocycles. The van der Waals surface area contributed by atoms with Crippen LogP contribution in [0.15, 0.2) is 109 Å². The van der Waals surface area contributed by atoms with E-state index in [2.05, 4.69) is 42.6 Å². The van der Waals surface area contributed by atoms with E-state index in [1.165, 1.54) is 0 Å². The molecule has 6 rings (SSSR count). The van der Waals surface area contributed by atoms with Crippen molar-refractivity contribution in [1.82, 2.24) is 9.78 Å². The number of hydrogen-bond acceptors (Lipinski definition) is 4. The first-order valence-corrected chi connectivity index (χ1v) is 14.6. The number of carbonyl (C=O) groups excluding carboxylic acids is 2. The molecule has 0 saturated heterocycles. The molecule has 1 aliphatic heterocycles. The van der Waals surface area contributed by atoms with Crippen LogP contribution >= 0.6 is 11.8 Å². The van der Waals surface area contributed by atoms with Crippen molar-refractivity contribution in [3.05, 3.63) is 131 Å². The first-order chi connectivity index (χ1) is 20.0. The lowest BCUT2D eigenvalue weighted by Gasteiger charge is -2.23. The van der Waals surface area contributed by atoms with Crippen molar-refractivity contribution in [2.75, 3.05) is 22.5 Å². The van der Waals surface area contributed by atoms with E-state index in [-0.39, 0.29) is 29.4 Å². The number of benzene rings is 4. The molecule has 4 aromatic carbocycles. The van der Waals surface area contributed by atoms with Crippen molar-refractivity contribution < 1.29 is 9.59 Å². The molecule has 1 N–H and O–H groups in total. The third-order valence-corrected chi connectivity index (χ3v) is 8.34. The van der Waals surface area contributed by atoms with Crippen molar-refractivity contribution in [3.63, 3.8) is 0 Å². The highest BCUT2D eigenvalue weighted by Gasteiger charge is 2.37. The number of aryl methyl sites for hydroxylation is 2. The largest absolute Gasteiger partial charge is 0.325 e. The van der Waals surface area contributed by atoms with E-state index in [0.717, 1.165) is 39.2 Å². The number of aromatic nitrogens is 2. The maximum atomic E-state index is 13.9. The van der Waals surface area contributed by atoms with Crippen LogP contribution in [0.4, 0.5) is 11.5 Å². The minimum absolute atomic E-state index is 0.131. The lowest BCUT2D eigenvalue weighted by atomic mass is 9.98. The summed E-state index contributed by atoms with van der Waals surface area (Å²) in [4.78, 5) is 28.9. The number of fused-ring (bicyclic) bond motifs is 1. The highest BCUT2D eigenvalue weighted by molar-refractivity contribution is 8.00. The molecule has 0 spiro atoms. The lowest BCUT2D eigenvalue weighted by Crippen LogP contribution is -2.40. The second-order valence-electron chi connectivity index (χ2n) is 10.2. The van der Waals surface area contributed by atoms with Crippen LogP contribution in [0.2, 0.25) is 0 Å². The second-order valence-corrected chi connectivity index (χ2v) is 11.3. The molecule has 0 bridgehead atoms. The predicted molar refractivity (Wildman–Crippen MR) is 167 cm³/mol. The van der Waals surface area contributed by atoms with Gasteiger partial charge in [-0.3, -0.25) is 14.5 Å². The van der Waals surface area contributed by atoms with Crippen LogP contribution in [0.1, 0.15) is 27.5 Å². The number of rotatable bonds is 6. The Morgan fingerprint density at radius 2 is 1.56 bits per heavy atom. The van der Waals surface area contributed by atoms with Gasteiger partial charge < -0.3 is 5.32 Å². The molecular formula is C34H30N4O2S. The number of hydrogen-bond donors (Lipinski definition) is 1. The average Bonchev–Trinajstić information content (AvgIpc) is 3.31. The highest BCUT2D eigenvalue weighted by atomic mass is 32.2. The van der Waals surface area contributed by atoms with E-state index in [1.54, 1.807) is 16.7 Å². The highest BCUT2D eigenvalue weighted by Crippen LogP contribution is 2.48. The first kappa shape index (κ1) is 26.6. The molecule has 1 unspecified atom stereocenters. The molecule has 7 heteroatoms. The minimum atomic E-state index is -0.271. The fourth-order valence-corrected chi connectivity index (χ4v) is 6.42.